The third kappa shape index (κ3) is 3.87. The predicted molar refractivity (Wildman–Crippen MR) is 129 cm³/mol. The normalized spacial score (nSPS) is 25.5. The van der Waals surface area contributed by atoms with E-state index < -0.39 is 23.6 Å². The highest BCUT2D eigenvalue weighted by molar-refractivity contribution is 5.86. The van der Waals surface area contributed by atoms with Gasteiger partial charge in [-0.3, -0.25) is 4.79 Å². The zero-order valence-electron chi connectivity index (χ0n) is 19.6. The number of amides is 2. The number of alkyl carbamates (subject to hydrolysis) is 1. The van der Waals surface area contributed by atoms with Crippen LogP contribution in [0.2, 0.25) is 0 Å². The molecule has 0 aromatic heterocycles. The van der Waals surface area contributed by atoms with Crippen molar-refractivity contribution in [2.75, 3.05) is 13.2 Å². The van der Waals surface area contributed by atoms with Gasteiger partial charge in [-0.25, -0.2) is 9.59 Å². The molecule has 182 valence electrons. The molecule has 2 amide bonds. The van der Waals surface area contributed by atoms with Crippen molar-refractivity contribution in [3.63, 3.8) is 0 Å². The van der Waals surface area contributed by atoms with Gasteiger partial charge < -0.3 is 20.1 Å². The topological polar surface area (TPSA) is 95.9 Å². The molecule has 0 radical (unpaired) electrons. The maximum atomic E-state index is 13.1. The van der Waals surface area contributed by atoms with Crippen molar-refractivity contribution in [3.05, 3.63) is 59.7 Å². The van der Waals surface area contributed by atoms with Crippen molar-refractivity contribution in [1.82, 2.24) is 10.2 Å². The number of carbonyl (C=O) groups is 3. The van der Waals surface area contributed by atoms with E-state index in [2.05, 4.69) is 29.6 Å². The van der Waals surface area contributed by atoms with Gasteiger partial charge in [0.2, 0.25) is 5.91 Å². The molecular weight excluding hydrogens is 444 g/mol. The maximum absolute atomic E-state index is 13.1. The van der Waals surface area contributed by atoms with E-state index in [0.717, 1.165) is 30.4 Å². The number of carbonyl (C=O) groups excluding carboxylic acids is 2. The Morgan fingerprint density at radius 2 is 1.66 bits per heavy atom. The van der Waals surface area contributed by atoms with Crippen LogP contribution in [0.1, 0.15) is 55.6 Å². The summed E-state index contributed by atoms with van der Waals surface area (Å²) in [6.45, 7) is 0.738. The quantitative estimate of drug-likeness (QED) is 0.656. The molecule has 0 bridgehead atoms. The van der Waals surface area contributed by atoms with Gasteiger partial charge in [0.1, 0.15) is 12.6 Å². The van der Waals surface area contributed by atoms with Gasteiger partial charge in [0.15, 0.2) is 0 Å². The lowest BCUT2D eigenvalue weighted by Crippen LogP contribution is -2.47. The number of carboxylic acid groups (broad SMARTS) is 1. The largest absolute Gasteiger partial charge is 0.480 e. The van der Waals surface area contributed by atoms with E-state index in [1.54, 1.807) is 4.90 Å². The van der Waals surface area contributed by atoms with Gasteiger partial charge in [-0.05, 0) is 59.8 Å². The van der Waals surface area contributed by atoms with E-state index >= 15 is 0 Å². The van der Waals surface area contributed by atoms with Gasteiger partial charge in [-0.2, -0.15) is 0 Å². The summed E-state index contributed by atoms with van der Waals surface area (Å²) in [6, 6.07) is 15.6. The minimum atomic E-state index is -0.915. The molecule has 6 rings (SSSR count). The molecular formula is C28H30N2O5. The van der Waals surface area contributed by atoms with Gasteiger partial charge in [0.25, 0.3) is 0 Å². The third-order valence-electron chi connectivity index (χ3n) is 8.52. The average molecular weight is 475 g/mol. The van der Waals surface area contributed by atoms with Crippen LogP contribution in [0.15, 0.2) is 48.5 Å². The SMILES string of the molecule is O=C(NC1(CC(=O)N2CC3CCCC3C2C(=O)O)CC1)OCC1c2ccccc2-c2ccccc21. The molecule has 0 spiro atoms. The molecule has 2 aromatic rings. The Morgan fingerprint density at radius 1 is 1.00 bits per heavy atom. The minimum absolute atomic E-state index is 0.0229. The van der Waals surface area contributed by atoms with Crippen molar-refractivity contribution in [2.45, 2.75) is 56.0 Å². The molecule has 3 aliphatic carbocycles. The second-order valence-corrected chi connectivity index (χ2v) is 10.6. The Labute approximate surface area is 204 Å². The molecule has 1 heterocycles. The van der Waals surface area contributed by atoms with Gasteiger partial charge in [-0.1, -0.05) is 55.0 Å². The molecule has 35 heavy (non-hydrogen) atoms. The number of likely N-dealkylation sites (tertiary alicyclic amines) is 1. The fraction of sp³-hybridized carbons (Fsp3) is 0.464. The van der Waals surface area contributed by atoms with Crippen LogP contribution in [0.3, 0.4) is 0 Å². The summed E-state index contributed by atoms with van der Waals surface area (Å²) in [6.07, 6.45) is 3.89. The first kappa shape index (κ1) is 22.1. The third-order valence-corrected chi connectivity index (χ3v) is 8.52. The molecule has 7 heteroatoms. The Hall–Kier alpha value is -3.35. The van der Waals surface area contributed by atoms with Gasteiger partial charge in [0, 0.05) is 12.5 Å². The van der Waals surface area contributed by atoms with Crippen molar-refractivity contribution in [2.24, 2.45) is 11.8 Å². The second kappa shape index (κ2) is 8.40. The molecule has 1 aliphatic heterocycles. The predicted octanol–water partition coefficient (Wildman–Crippen LogP) is 4.16. The van der Waals surface area contributed by atoms with Crippen molar-refractivity contribution in [3.8, 4) is 11.1 Å². The van der Waals surface area contributed by atoms with Crippen LogP contribution in [0.5, 0.6) is 0 Å². The molecule has 3 fully saturated rings. The summed E-state index contributed by atoms with van der Waals surface area (Å²) >= 11 is 0. The summed E-state index contributed by atoms with van der Waals surface area (Å²) < 4.78 is 5.67. The number of nitrogens with zero attached hydrogens (tertiary/aromatic N) is 1. The van der Waals surface area contributed by atoms with Crippen molar-refractivity contribution >= 4 is 18.0 Å². The number of hydrogen-bond acceptors (Lipinski definition) is 4. The number of rotatable bonds is 6. The first-order valence-electron chi connectivity index (χ1n) is 12.6. The molecule has 2 aromatic carbocycles. The molecule has 1 saturated heterocycles. The average Bonchev–Trinajstić information content (AvgIpc) is 3.19. The number of ether oxygens (including phenoxy) is 1. The lowest BCUT2D eigenvalue weighted by Gasteiger charge is -2.27. The summed E-state index contributed by atoms with van der Waals surface area (Å²) in [5.41, 5.74) is 4.02. The molecule has 4 aliphatic rings. The summed E-state index contributed by atoms with van der Waals surface area (Å²) in [4.78, 5) is 39.4. The Balaban J connectivity index is 1.09. The highest BCUT2D eigenvalue weighted by Crippen LogP contribution is 2.46. The molecule has 3 unspecified atom stereocenters. The second-order valence-electron chi connectivity index (χ2n) is 10.6. The van der Waals surface area contributed by atoms with Crippen LogP contribution < -0.4 is 5.32 Å². The van der Waals surface area contributed by atoms with E-state index in [1.807, 2.05) is 24.3 Å². The molecule has 2 N–H and O–H groups in total. The lowest BCUT2D eigenvalue weighted by molar-refractivity contribution is -0.149. The molecule has 7 nitrogen and oxygen atoms in total. The Morgan fingerprint density at radius 3 is 2.29 bits per heavy atom. The van der Waals surface area contributed by atoms with E-state index in [1.165, 1.54) is 11.1 Å². The smallest absolute Gasteiger partial charge is 0.407 e. The lowest BCUT2D eigenvalue weighted by atomic mass is 9.94. The first-order valence-corrected chi connectivity index (χ1v) is 12.6. The summed E-state index contributed by atoms with van der Waals surface area (Å²) in [7, 11) is 0. The van der Waals surface area contributed by atoms with E-state index in [0.29, 0.717) is 19.4 Å². The van der Waals surface area contributed by atoms with Gasteiger partial charge in [0.05, 0.1) is 12.0 Å². The Bertz CT molecular complexity index is 1140. The first-order chi connectivity index (χ1) is 17.0. The highest BCUT2D eigenvalue weighted by atomic mass is 16.5. The minimum Gasteiger partial charge on any atom is -0.480 e. The summed E-state index contributed by atoms with van der Waals surface area (Å²) in [5, 5.41) is 12.7. The fourth-order valence-corrected chi connectivity index (χ4v) is 6.62. The number of benzene rings is 2. The fourth-order valence-electron chi connectivity index (χ4n) is 6.62. The standard InChI is InChI=1S/C28H30N2O5/c31-24(30-15-17-6-5-11-18(17)25(30)26(32)33)14-28(12-13-28)29-27(34)35-16-23-21-9-3-1-7-19(21)20-8-2-4-10-22(20)23/h1-4,7-10,17-18,23,25H,5-6,11-16H2,(H,29,34)(H,32,33). The van der Waals surface area contributed by atoms with Crippen LogP contribution in [0.4, 0.5) is 4.79 Å². The van der Waals surface area contributed by atoms with Gasteiger partial charge in [-0.15, -0.1) is 0 Å². The number of nitrogens with one attached hydrogen (secondary N) is 1. The van der Waals surface area contributed by atoms with Crippen molar-refractivity contribution in [1.29, 1.82) is 0 Å². The monoisotopic (exact) mass is 474 g/mol. The molecule has 3 atom stereocenters. The molecule has 2 saturated carbocycles. The Kier molecular flexibility index (Phi) is 5.31. The van der Waals surface area contributed by atoms with Gasteiger partial charge >= 0.3 is 12.1 Å². The van der Waals surface area contributed by atoms with Crippen LogP contribution in [0.25, 0.3) is 11.1 Å². The van der Waals surface area contributed by atoms with Crippen LogP contribution in [-0.2, 0) is 14.3 Å². The zero-order valence-corrected chi connectivity index (χ0v) is 19.6. The van der Waals surface area contributed by atoms with Crippen LogP contribution in [-0.4, -0.2) is 52.7 Å². The number of aliphatic carboxylic acids is 1. The van der Waals surface area contributed by atoms with Crippen molar-refractivity contribution < 1.29 is 24.2 Å². The number of fused-ring (bicyclic) bond motifs is 4. The van der Waals surface area contributed by atoms with E-state index in [9.17, 15) is 19.5 Å². The van der Waals surface area contributed by atoms with Crippen LogP contribution >= 0.6 is 0 Å². The maximum Gasteiger partial charge on any atom is 0.407 e. The van der Waals surface area contributed by atoms with E-state index in [4.69, 9.17) is 4.74 Å². The number of carboxylic acids is 1. The van der Waals surface area contributed by atoms with Crippen LogP contribution in [0, 0.1) is 11.8 Å². The number of hydrogen-bond donors (Lipinski definition) is 2. The summed E-state index contributed by atoms with van der Waals surface area (Å²) in [5.74, 6) is -0.775. The highest BCUT2D eigenvalue weighted by Gasteiger charge is 2.53. The zero-order chi connectivity index (χ0) is 24.2. The van der Waals surface area contributed by atoms with E-state index in [-0.39, 0.29) is 36.7 Å².